The van der Waals surface area contributed by atoms with E-state index in [1.54, 1.807) is 46.1 Å². The molecule has 2 aromatic carbocycles. The van der Waals surface area contributed by atoms with Gasteiger partial charge in [-0.1, -0.05) is 46.7 Å². The molecule has 0 aliphatic rings. The molecule has 0 spiro atoms. The van der Waals surface area contributed by atoms with Crippen molar-refractivity contribution in [2.75, 3.05) is 17.2 Å². The molecule has 0 atom stereocenters. The van der Waals surface area contributed by atoms with E-state index < -0.39 is 9.84 Å². The summed E-state index contributed by atoms with van der Waals surface area (Å²) in [5.41, 5.74) is 1.64. The second-order valence-electron chi connectivity index (χ2n) is 7.63. The van der Waals surface area contributed by atoms with Gasteiger partial charge in [0.15, 0.2) is 15.0 Å². The lowest BCUT2D eigenvalue weighted by atomic mass is 10.2. The van der Waals surface area contributed by atoms with Gasteiger partial charge in [-0.25, -0.2) is 13.4 Å². The summed E-state index contributed by atoms with van der Waals surface area (Å²) in [5.74, 6) is -0.281. The van der Waals surface area contributed by atoms with Crippen LogP contribution in [-0.2, 0) is 21.2 Å². The lowest BCUT2D eigenvalue weighted by Gasteiger charge is -2.20. The highest BCUT2D eigenvalue weighted by molar-refractivity contribution is 7.91. The van der Waals surface area contributed by atoms with Gasteiger partial charge in [-0.15, -0.1) is 0 Å². The lowest BCUT2D eigenvalue weighted by Crippen LogP contribution is -2.34. The van der Waals surface area contributed by atoms with Crippen molar-refractivity contribution >= 4 is 54.0 Å². The van der Waals surface area contributed by atoms with Gasteiger partial charge < -0.3 is 0 Å². The van der Waals surface area contributed by atoms with Crippen LogP contribution < -0.4 is 4.90 Å². The van der Waals surface area contributed by atoms with Crippen molar-refractivity contribution in [3.05, 3.63) is 71.5 Å². The number of hydrogen-bond donors (Lipinski definition) is 0. The molecule has 0 radical (unpaired) electrons. The monoisotopic (exact) mass is 502 g/mol. The first-order chi connectivity index (χ1) is 15.8. The van der Waals surface area contributed by atoms with E-state index in [4.69, 9.17) is 11.6 Å². The average molecular weight is 503 g/mol. The van der Waals surface area contributed by atoms with Gasteiger partial charge in [0.1, 0.15) is 5.52 Å². The third-order valence-electron chi connectivity index (χ3n) is 5.19. The minimum Gasteiger partial charge on any atom is -0.286 e. The normalized spacial score (nSPS) is 11.7. The first kappa shape index (κ1) is 23.4. The van der Waals surface area contributed by atoms with Crippen LogP contribution in [0.4, 0.5) is 5.13 Å². The van der Waals surface area contributed by atoms with Crippen LogP contribution >= 0.6 is 22.9 Å². The van der Waals surface area contributed by atoms with Crippen LogP contribution in [-0.4, -0.2) is 41.4 Å². The number of aromatic nitrogens is 3. The molecule has 1 amide bonds. The third kappa shape index (κ3) is 5.61. The van der Waals surface area contributed by atoms with Gasteiger partial charge in [0.2, 0.25) is 5.91 Å². The highest BCUT2D eigenvalue weighted by atomic mass is 35.5. The first-order valence-electron chi connectivity index (χ1n) is 10.5. The van der Waals surface area contributed by atoms with E-state index in [0.717, 1.165) is 10.3 Å². The Balaban J connectivity index is 1.48. The minimum absolute atomic E-state index is 0.0911. The fourth-order valence-electron chi connectivity index (χ4n) is 3.39. The summed E-state index contributed by atoms with van der Waals surface area (Å²) in [6.07, 6.45) is 3.82. The smallest absolute Gasteiger partial charge is 0.228 e. The van der Waals surface area contributed by atoms with Crippen LogP contribution in [0.5, 0.6) is 0 Å². The van der Waals surface area contributed by atoms with Crippen molar-refractivity contribution in [1.82, 2.24) is 14.8 Å². The fraction of sp³-hybridized carbons (Fsp3) is 0.261. The molecule has 0 N–H and O–H groups in total. The SMILES string of the molecule is Cc1ccc(S(=O)(=O)CCCC(=O)N(CCn2cccn2)c2nc3c(Cl)cccc3s2)cc1. The van der Waals surface area contributed by atoms with Gasteiger partial charge in [0, 0.05) is 25.4 Å². The van der Waals surface area contributed by atoms with Crippen LogP contribution in [0.3, 0.4) is 0 Å². The number of thiazole rings is 1. The van der Waals surface area contributed by atoms with Crippen molar-refractivity contribution in [3.63, 3.8) is 0 Å². The van der Waals surface area contributed by atoms with E-state index in [1.807, 2.05) is 31.3 Å². The highest BCUT2D eigenvalue weighted by Gasteiger charge is 2.22. The Kier molecular flexibility index (Phi) is 7.11. The van der Waals surface area contributed by atoms with E-state index in [1.165, 1.54) is 11.3 Å². The van der Waals surface area contributed by atoms with Crippen molar-refractivity contribution in [2.24, 2.45) is 0 Å². The number of rotatable bonds is 9. The van der Waals surface area contributed by atoms with Crippen LogP contribution in [0.15, 0.2) is 65.8 Å². The van der Waals surface area contributed by atoms with Crippen LogP contribution in [0.2, 0.25) is 5.02 Å². The molecule has 4 aromatic rings. The van der Waals surface area contributed by atoms with Crippen LogP contribution in [0.25, 0.3) is 10.2 Å². The lowest BCUT2D eigenvalue weighted by molar-refractivity contribution is -0.118. The molecular formula is C23H23ClN4O3S2. The maximum Gasteiger partial charge on any atom is 0.228 e. The average Bonchev–Trinajstić information content (AvgIpc) is 3.45. The molecule has 33 heavy (non-hydrogen) atoms. The van der Waals surface area contributed by atoms with E-state index >= 15 is 0 Å². The molecule has 0 saturated heterocycles. The van der Waals surface area contributed by atoms with Gasteiger partial charge >= 0.3 is 0 Å². The number of fused-ring (bicyclic) bond motifs is 1. The summed E-state index contributed by atoms with van der Waals surface area (Å²) < 4.78 is 27.9. The van der Waals surface area contributed by atoms with Crippen molar-refractivity contribution < 1.29 is 13.2 Å². The topological polar surface area (TPSA) is 85.2 Å². The highest BCUT2D eigenvalue weighted by Crippen LogP contribution is 2.33. The summed E-state index contributed by atoms with van der Waals surface area (Å²) >= 11 is 7.66. The molecule has 4 rings (SSSR count). The zero-order chi connectivity index (χ0) is 23.4. The van der Waals surface area contributed by atoms with Gasteiger partial charge in [-0.3, -0.25) is 14.4 Å². The van der Waals surface area contributed by atoms with Crippen molar-refractivity contribution in [3.8, 4) is 0 Å². The summed E-state index contributed by atoms with van der Waals surface area (Å²) in [5, 5.41) is 5.26. The standard InChI is InChI=1S/C23H23ClN4O3S2/c1-17-8-10-18(11-9-17)33(30,31)16-3-7-21(29)28(15-14-27-13-4-12-25-27)23-26-22-19(24)5-2-6-20(22)32-23/h2,4-6,8-13H,3,7,14-16H2,1H3. The van der Waals surface area contributed by atoms with Crippen LogP contribution in [0, 0.1) is 6.92 Å². The van der Waals surface area contributed by atoms with Gasteiger partial charge in [0.25, 0.3) is 0 Å². The molecule has 10 heteroatoms. The molecule has 7 nitrogen and oxygen atoms in total. The first-order valence-corrected chi connectivity index (χ1v) is 13.3. The Hall–Kier alpha value is -2.75. The number of para-hydroxylation sites is 1. The second-order valence-corrected chi connectivity index (χ2v) is 11.2. The molecule has 2 aromatic heterocycles. The summed E-state index contributed by atoms with van der Waals surface area (Å²) in [7, 11) is -3.45. The quantitative estimate of drug-likeness (QED) is 0.330. The van der Waals surface area contributed by atoms with E-state index in [2.05, 4.69) is 10.1 Å². The molecule has 172 valence electrons. The maximum absolute atomic E-state index is 13.2. The third-order valence-corrected chi connectivity index (χ3v) is 8.35. The number of carbonyl (C=O) groups excluding carboxylic acids is 1. The van der Waals surface area contributed by atoms with Crippen LogP contribution in [0.1, 0.15) is 18.4 Å². The zero-order valence-corrected chi connectivity index (χ0v) is 20.4. The number of aryl methyl sites for hydroxylation is 1. The van der Waals surface area contributed by atoms with E-state index in [0.29, 0.717) is 28.8 Å². The van der Waals surface area contributed by atoms with Crippen molar-refractivity contribution in [2.45, 2.75) is 31.2 Å². The number of hydrogen-bond acceptors (Lipinski definition) is 6. The molecule has 0 aliphatic heterocycles. The minimum atomic E-state index is -3.45. The Morgan fingerprint density at radius 3 is 2.64 bits per heavy atom. The Bertz CT molecular complexity index is 1350. The predicted molar refractivity (Wildman–Crippen MR) is 132 cm³/mol. The largest absolute Gasteiger partial charge is 0.286 e. The molecule has 0 bridgehead atoms. The summed E-state index contributed by atoms with van der Waals surface area (Å²) in [6, 6.07) is 14.1. The Labute approximate surface area is 201 Å². The number of benzene rings is 2. The number of amides is 1. The molecule has 0 unspecified atom stereocenters. The summed E-state index contributed by atoms with van der Waals surface area (Å²) in [6.45, 7) is 2.76. The maximum atomic E-state index is 13.2. The number of halogens is 1. The zero-order valence-electron chi connectivity index (χ0n) is 18.0. The number of sulfone groups is 1. The Morgan fingerprint density at radius 2 is 1.94 bits per heavy atom. The van der Waals surface area contributed by atoms with Gasteiger partial charge in [-0.05, 0) is 43.7 Å². The number of anilines is 1. The molecule has 0 saturated carbocycles. The van der Waals surface area contributed by atoms with Gasteiger partial charge in [0.05, 0.1) is 26.9 Å². The molecule has 0 fully saturated rings. The number of carbonyl (C=O) groups is 1. The van der Waals surface area contributed by atoms with E-state index in [9.17, 15) is 13.2 Å². The Morgan fingerprint density at radius 1 is 1.15 bits per heavy atom. The second kappa shape index (κ2) is 10.0. The van der Waals surface area contributed by atoms with Gasteiger partial charge in [-0.2, -0.15) is 5.10 Å². The van der Waals surface area contributed by atoms with Crippen molar-refractivity contribution in [1.29, 1.82) is 0 Å². The molecule has 2 heterocycles. The summed E-state index contributed by atoms with van der Waals surface area (Å²) in [4.78, 5) is 19.6. The number of nitrogens with zero attached hydrogens (tertiary/aromatic N) is 4. The molecule has 0 aliphatic carbocycles. The van der Waals surface area contributed by atoms with E-state index in [-0.39, 0.29) is 29.4 Å². The molecular weight excluding hydrogens is 480 g/mol. The predicted octanol–water partition coefficient (Wildman–Crippen LogP) is 4.74. The fourth-order valence-corrected chi connectivity index (χ4v) is 6.01.